The third kappa shape index (κ3) is 16.7. The highest BCUT2D eigenvalue weighted by Crippen LogP contribution is 2.49. The zero-order valence-corrected chi connectivity index (χ0v) is 47.5. The van der Waals surface area contributed by atoms with Crippen molar-refractivity contribution in [2.24, 2.45) is 5.73 Å². The van der Waals surface area contributed by atoms with E-state index in [9.17, 15) is 136 Å². The van der Waals surface area contributed by atoms with Crippen LogP contribution in [0.5, 0.6) is 0 Å². The lowest BCUT2D eigenvalue weighted by Gasteiger charge is -2.53. The number of nitrogens with two attached hydrogens (primary N) is 1. The molecular weight excluding hydrogens is 1250 g/mol. The summed E-state index contributed by atoms with van der Waals surface area (Å²) < 4.78 is 88.1. The highest BCUT2D eigenvalue weighted by atomic mass is 31.2. The molecule has 0 bridgehead atoms. The average molecular weight is 1330 g/mol. The van der Waals surface area contributed by atoms with Gasteiger partial charge in [0.05, 0.1) is 58.5 Å². The van der Waals surface area contributed by atoms with Crippen molar-refractivity contribution in [3.8, 4) is 0 Å². The van der Waals surface area contributed by atoms with Crippen molar-refractivity contribution < 1.29 is 197 Å². The molecule has 6 fully saturated rings. The second kappa shape index (κ2) is 31.7. The molecule has 6 saturated heterocycles. The maximum absolute atomic E-state index is 13.7. The minimum absolute atomic E-state index is 0.475. The van der Waals surface area contributed by atoms with Crippen LogP contribution in [0, 0.1) is 0 Å². The number of ether oxygens (including phenoxy) is 11. The third-order valence-electron chi connectivity index (χ3n) is 15.3. The maximum atomic E-state index is 13.7. The van der Waals surface area contributed by atoms with Gasteiger partial charge in [0.25, 0.3) is 11.6 Å². The molecule has 6 aliphatic heterocycles. The van der Waals surface area contributed by atoms with E-state index in [0.717, 1.165) is 6.92 Å². The van der Waals surface area contributed by atoms with Crippen LogP contribution in [-0.2, 0) is 80.1 Å². The Bertz CT molecular complexity index is 2330. The van der Waals surface area contributed by atoms with E-state index < -0.39 is 287 Å². The van der Waals surface area contributed by atoms with Crippen LogP contribution in [-0.4, -0.2) is 383 Å². The Morgan fingerprint density at radius 3 is 1.62 bits per heavy atom. The molecule has 1 unspecified atom stereocenters. The molecule has 89 heavy (non-hydrogen) atoms. The standard InChI is InChI=1S/C46H79N2O40P/c1-12(55)48-21-25(64)23(62)19(10-53)77-39(21)84-38-36(88-89(74,75)76-3-2-47)28(67)30(14(57)6-49)79-42(38)82-35-29(68)41(80-32(16(59)8-51)37(35)83-40-27(66)26(65)24(63)20(11-54)78-40)81-34-18(5-45(73,43(69)70)86-33(34)17(60)9-52)85-46(44(71)72)4-13(56)22(61)31(87-46)15(58)7-50/h13-42,49-54,56-68,73H,2-11,47H2,1H3,(H,48,55)(H,69,70)(H,71,72)(H,74,75)/t13-,14+,15-,16+,17-,18-,19-,20-,21-,22-,23-,24-,25-,26+,27-,28-,29+,30-,31-,32-,33-,34-,35-,36+,37-,38+,39-,40+,41-,42-,45-,46-/m1/s1. The lowest BCUT2D eigenvalue weighted by molar-refractivity contribution is -0.417. The zero-order chi connectivity index (χ0) is 66.5. The number of carboxylic acid groups (broad SMARTS) is 2. The van der Waals surface area contributed by atoms with Crippen LogP contribution in [0.1, 0.15) is 19.8 Å². The van der Waals surface area contributed by atoms with Crippen LogP contribution < -0.4 is 11.1 Å². The van der Waals surface area contributed by atoms with Crippen LogP contribution in [0.3, 0.4) is 0 Å². The molecule has 33 atom stereocenters. The maximum Gasteiger partial charge on any atom is 0.472 e. The molecular formula is C46H79N2O40P. The van der Waals surface area contributed by atoms with Gasteiger partial charge in [0, 0.05) is 26.3 Å². The summed E-state index contributed by atoms with van der Waals surface area (Å²) in [4.78, 5) is 49.6. The first-order chi connectivity index (χ1) is 41.7. The van der Waals surface area contributed by atoms with Crippen LogP contribution in [0.2, 0.25) is 0 Å². The van der Waals surface area contributed by atoms with Gasteiger partial charge in [-0.3, -0.25) is 13.8 Å². The zero-order valence-electron chi connectivity index (χ0n) is 46.6. The van der Waals surface area contributed by atoms with Crippen molar-refractivity contribution in [1.29, 1.82) is 0 Å². The van der Waals surface area contributed by atoms with Crippen molar-refractivity contribution in [2.45, 2.75) is 215 Å². The second-order valence-corrected chi connectivity index (χ2v) is 23.0. The van der Waals surface area contributed by atoms with Crippen LogP contribution in [0.15, 0.2) is 0 Å². The Balaban J connectivity index is 1.58. The van der Waals surface area contributed by atoms with Gasteiger partial charge in [-0.05, 0) is 0 Å². The molecule has 0 radical (unpaired) electrons. The number of aliphatic carboxylic acids is 2. The minimum atomic E-state index is -5.64. The fraction of sp³-hybridized carbons (Fsp3) is 0.935. The van der Waals surface area contributed by atoms with Gasteiger partial charge in [-0.2, -0.15) is 0 Å². The van der Waals surface area contributed by atoms with E-state index in [-0.39, 0.29) is 0 Å². The molecule has 26 N–H and O–H groups in total. The first-order valence-electron chi connectivity index (χ1n) is 27.3. The van der Waals surface area contributed by atoms with Crippen LogP contribution >= 0.6 is 7.82 Å². The van der Waals surface area contributed by atoms with E-state index in [1.165, 1.54) is 0 Å². The predicted molar refractivity (Wildman–Crippen MR) is 269 cm³/mol. The quantitative estimate of drug-likeness (QED) is 0.0324. The first kappa shape index (κ1) is 75.3. The summed E-state index contributed by atoms with van der Waals surface area (Å²) in [5.41, 5.74) is 5.46. The van der Waals surface area contributed by atoms with E-state index in [0.29, 0.717) is 0 Å². The highest BCUT2D eigenvalue weighted by molar-refractivity contribution is 7.47. The van der Waals surface area contributed by atoms with Gasteiger partial charge in [-0.1, -0.05) is 0 Å². The predicted octanol–water partition coefficient (Wildman–Crippen LogP) is -15.4. The Kier molecular flexibility index (Phi) is 26.8. The van der Waals surface area contributed by atoms with Gasteiger partial charge >= 0.3 is 19.8 Å². The lowest BCUT2D eigenvalue weighted by atomic mass is 9.89. The molecule has 42 nitrogen and oxygen atoms in total. The summed E-state index contributed by atoms with van der Waals surface area (Å²) in [5, 5.41) is 241. The lowest BCUT2D eigenvalue weighted by Crippen LogP contribution is -2.71. The van der Waals surface area contributed by atoms with E-state index >= 15 is 0 Å². The molecule has 0 aromatic carbocycles. The van der Waals surface area contributed by atoms with Gasteiger partial charge in [-0.15, -0.1) is 0 Å². The monoisotopic (exact) mass is 1330 g/mol. The van der Waals surface area contributed by atoms with Gasteiger partial charge in [0.1, 0.15) is 146 Å². The number of carboxylic acids is 2. The fourth-order valence-corrected chi connectivity index (χ4v) is 11.6. The molecule has 0 aromatic heterocycles. The normalized spacial score (nSPS) is 45.2. The smallest absolute Gasteiger partial charge is 0.472 e. The molecule has 0 aliphatic carbocycles. The third-order valence-corrected chi connectivity index (χ3v) is 16.3. The van der Waals surface area contributed by atoms with E-state index in [4.69, 9.17) is 66.9 Å². The van der Waals surface area contributed by atoms with E-state index in [1.807, 2.05) is 0 Å². The molecule has 6 heterocycles. The number of rotatable bonds is 28. The minimum Gasteiger partial charge on any atom is -0.477 e. The molecule has 0 saturated carbocycles. The molecule has 0 spiro atoms. The number of carbonyl (C=O) groups excluding carboxylic acids is 1. The molecule has 6 rings (SSSR count). The summed E-state index contributed by atoms with van der Waals surface area (Å²) in [6.45, 7) is -8.21. The Morgan fingerprint density at radius 1 is 0.562 bits per heavy atom. The Morgan fingerprint density at radius 2 is 1.07 bits per heavy atom. The number of hydrogen-bond acceptors (Lipinski definition) is 38. The number of aliphatic hydroxyl groups is 20. The highest BCUT2D eigenvalue weighted by Gasteiger charge is 2.64. The number of carbonyl (C=O) groups is 3. The van der Waals surface area contributed by atoms with Gasteiger partial charge in [-0.25, -0.2) is 14.2 Å². The summed E-state index contributed by atoms with van der Waals surface area (Å²) in [5.74, 6) is -12.6. The summed E-state index contributed by atoms with van der Waals surface area (Å²) >= 11 is 0. The van der Waals surface area contributed by atoms with Crippen molar-refractivity contribution in [1.82, 2.24) is 5.32 Å². The Labute approximate surface area is 501 Å². The van der Waals surface area contributed by atoms with Gasteiger partial charge in [0.15, 0.2) is 25.2 Å². The topological polar surface area (TPSA) is 692 Å². The molecule has 0 aromatic rings. The summed E-state index contributed by atoms with van der Waals surface area (Å²) in [6, 6.07) is -1.98. The van der Waals surface area contributed by atoms with Crippen molar-refractivity contribution in [2.75, 3.05) is 52.8 Å². The van der Waals surface area contributed by atoms with Gasteiger partial charge < -0.3 is 180 Å². The number of nitrogens with one attached hydrogen (secondary N) is 1. The second-order valence-electron chi connectivity index (χ2n) is 21.5. The number of phosphoric ester groups is 1. The first-order valence-corrected chi connectivity index (χ1v) is 28.8. The molecule has 518 valence electrons. The van der Waals surface area contributed by atoms with E-state index in [1.54, 1.807) is 0 Å². The van der Waals surface area contributed by atoms with Crippen LogP contribution in [0.4, 0.5) is 0 Å². The van der Waals surface area contributed by atoms with E-state index in [2.05, 4.69) is 5.32 Å². The summed E-state index contributed by atoms with van der Waals surface area (Å²) in [7, 11) is -5.64. The molecule has 43 heteroatoms. The molecule has 1 amide bonds. The summed E-state index contributed by atoms with van der Waals surface area (Å²) in [6.07, 6.45) is -72.7. The molecule has 6 aliphatic rings. The van der Waals surface area contributed by atoms with Crippen molar-refractivity contribution in [3.63, 3.8) is 0 Å². The van der Waals surface area contributed by atoms with Crippen LogP contribution in [0.25, 0.3) is 0 Å². The fourth-order valence-electron chi connectivity index (χ4n) is 10.7. The number of hydrogen-bond donors (Lipinski definition) is 25. The SMILES string of the molecule is CC(=O)N[C@H]1[C@@H](O[C@@H]2[C@@H](O[C@@H]3[C@H](O)[C@@H](O[C@H]4[C@@H]([C@H](O)CO)O[C@@](O)(C(=O)O)C[C@H]4O[C@]4(C(=O)O)C[C@@H](O)[C@@H](O)[C@@H]([C@H](O)CO)O4)O[C@H]([C@@H](O)CO)[C@H]3O[C@@H]3O[C@H](CO)[C@@H](O)[C@H](O)[C@H]3O)O[C@H]([C@@H](O)CO)[C@@H](O)[C@@H]2OP(=O)(O)OCCN)O[C@H](CO)[C@@H](O)[C@@H]1O. The Hall–Kier alpha value is -2.76. The average Bonchev–Trinajstić information content (AvgIpc) is 0.824. The van der Waals surface area contributed by atoms with Crippen molar-refractivity contribution >= 4 is 25.7 Å². The number of aliphatic hydroxyl groups excluding tert-OH is 19. The number of amides is 1. The number of phosphoric acid groups is 1. The van der Waals surface area contributed by atoms with Gasteiger partial charge in [0.2, 0.25) is 5.91 Å². The van der Waals surface area contributed by atoms with Crippen molar-refractivity contribution in [3.05, 3.63) is 0 Å². The largest absolute Gasteiger partial charge is 0.477 e.